The molecule has 0 spiro atoms. The molecule has 23 heavy (non-hydrogen) atoms. The van der Waals surface area contributed by atoms with Crippen LogP contribution in [0.25, 0.3) is 10.9 Å². The SMILES string of the molecule is Cn1cc(CCC(=O)N2CCCC2CC(=O)O)c2ccccc21. The van der Waals surface area contributed by atoms with Gasteiger partial charge in [0.2, 0.25) is 5.91 Å². The van der Waals surface area contributed by atoms with Gasteiger partial charge in [0.25, 0.3) is 0 Å². The molecule has 5 heteroatoms. The van der Waals surface area contributed by atoms with Gasteiger partial charge in [-0.3, -0.25) is 9.59 Å². The molecule has 1 saturated heterocycles. The summed E-state index contributed by atoms with van der Waals surface area (Å²) in [4.78, 5) is 25.2. The van der Waals surface area contributed by atoms with Gasteiger partial charge in [-0.15, -0.1) is 0 Å². The molecule has 2 heterocycles. The molecule has 3 rings (SSSR count). The van der Waals surface area contributed by atoms with Crippen molar-refractivity contribution in [3.63, 3.8) is 0 Å². The molecule has 2 aromatic rings. The van der Waals surface area contributed by atoms with Crippen molar-refractivity contribution in [3.8, 4) is 0 Å². The maximum Gasteiger partial charge on any atom is 0.305 e. The van der Waals surface area contributed by atoms with Crippen molar-refractivity contribution in [2.45, 2.75) is 38.1 Å². The van der Waals surface area contributed by atoms with Crippen LogP contribution in [0, 0.1) is 0 Å². The van der Waals surface area contributed by atoms with Crippen LogP contribution in [0.2, 0.25) is 0 Å². The summed E-state index contributed by atoms with van der Waals surface area (Å²) in [7, 11) is 2.01. The molecule has 1 amide bonds. The number of carboxylic acid groups (broad SMARTS) is 1. The minimum Gasteiger partial charge on any atom is -0.481 e. The van der Waals surface area contributed by atoms with Crippen LogP contribution in [0.3, 0.4) is 0 Å². The number of rotatable bonds is 5. The first-order valence-electron chi connectivity index (χ1n) is 8.10. The Morgan fingerprint density at radius 2 is 2.09 bits per heavy atom. The van der Waals surface area contributed by atoms with Gasteiger partial charge >= 0.3 is 5.97 Å². The van der Waals surface area contributed by atoms with Crippen LogP contribution in [0.15, 0.2) is 30.5 Å². The average Bonchev–Trinajstić information content (AvgIpc) is 3.10. The van der Waals surface area contributed by atoms with Gasteiger partial charge in [0.1, 0.15) is 0 Å². The molecule has 1 N–H and O–H groups in total. The van der Waals surface area contributed by atoms with E-state index >= 15 is 0 Å². The van der Waals surface area contributed by atoms with Crippen LogP contribution in [0.5, 0.6) is 0 Å². The number of hydrogen-bond donors (Lipinski definition) is 1. The summed E-state index contributed by atoms with van der Waals surface area (Å²) in [6, 6.07) is 8.05. The number of aryl methyl sites for hydroxylation is 2. The van der Waals surface area contributed by atoms with Gasteiger partial charge in [0.05, 0.1) is 6.42 Å². The van der Waals surface area contributed by atoms with E-state index in [1.165, 1.54) is 16.5 Å². The number of amides is 1. The molecule has 1 atom stereocenters. The number of carbonyl (C=O) groups excluding carboxylic acids is 1. The molecular formula is C18H22N2O3. The molecule has 0 radical (unpaired) electrons. The largest absolute Gasteiger partial charge is 0.481 e. The van der Waals surface area contributed by atoms with Crippen LogP contribution in [-0.4, -0.2) is 39.0 Å². The lowest BCUT2D eigenvalue weighted by Gasteiger charge is -2.23. The number of fused-ring (bicyclic) bond motifs is 1. The number of para-hydroxylation sites is 1. The monoisotopic (exact) mass is 314 g/mol. The maximum absolute atomic E-state index is 12.5. The van der Waals surface area contributed by atoms with Crippen molar-refractivity contribution in [2.24, 2.45) is 7.05 Å². The average molecular weight is 314 g/mol. The zero-order chi connectivity index (χ0) is 16.4. The summed E-state index contributed by atoms with van der Waals surface area (Å²) < 4.78 is 2.08. The molecule has 0 bridgehead atoms. The Bertz CT molecular complexity index is 735. The van der Waals surface area contributed by atoms with Gasteiger partial charge in [-0.25, -0.2) is 0 Å². The number of carboxylic acids is 1. The van der Waals surface area contributed by atoms with E-state index in [1.807, 2.05) is 19.2 Å². The van der Waals surface area contributed by atoms with Crippen molar-refractivity contribution in [1.29, 1.82) is 0 Å². The molecule has 1 aromatic carbocycles. The lowest BCUT2D eigenvalue weighted by Crippen LogP contribution is -2.36. The van der Waals surface area contributed by atoms with Crippen LogP contribution < -0.4 is 0 Å². The molecule has 0 saturated carbocycles. The van der Waals surface area contributed by atoms with Crippen molar-refractivity contribution in [1.82, 2.24) is 9.47 Å². The summed E-state index contributed by atoms with van der Waals surface area (Å²) in [6.45, 7) is 0.687. The number of carbonyl (C=O) groups is 2. The van der Waals surface area contributed by atoms with Gasteiger partial charge in [0.15, 0.2) is 0 Å². The minimum absolute atomic E-state index is 0.0556. The molecular weight excluding hydrogens is 292 g/mol. The standard InChI is InChI=1S/C18H22N2O3/c1-19-12-13(15-6-2-3-7-16(15)19)8-9-17(21)20-10-4-5-14(20)11-18(22)23/h2-3,6-7,12,14H,4-5,8-11H2,1H3,(H,22,23). The summed E-state index contributed by atoms with van der Waals surface area (Å²) in [5, 5.41) is 10.1. The molecule has 1 unspecified atom stereocenters. The topological polar surface area (TPSA) is 62.5 Å². The Balaban J connectivity index is 1.67. The predicted molar refractivity (Wildman–Crippen MR) is 88.2 cm³/mol. The van der Waals surface area contributed by atoms with Gasteiger partial charge in [-0.05, 0) is 30.9 Å². The van der Waals surface area contributed by atoms with Crippen molar-refractivity contribution < 1.29 is 14.7 Å². The second-order valence-corrected chi connectivity index (χ2v) is 6.26. The number of aromatic nitrogens is 1. The molecule has 1 aromatic heterocycles. The van der Waals surface area contributed by atoms with Gasteiger partial charge in [-0.2, -0.15) is 0 Å². The first-order valence-corrected chi connectivity index (χ1v) is 8.10. The maximum atomic E-state index is 12.5. The molecule has 0 aliphatic carbocycles. The second-order valence-electron chi connectivity index (χ2n) is 6.26. The van der Waals surface area contributed by atoms with E-state index < -0.39 is 5.97 Å². The van der Waals surface area contributed by atoms with E-state index in [1.54, 1.807) is 4.90 Å². The third-order valence-corrected chi connectivity index (χ3v) is 4.70. The summed E-state index contributed by atoms with van der Waals surface area (Å²) in [5.74, 6) is -0.759. The van der Waals surface area contributed by atoms with Crippen molar-refractivity contribution >= 4 is 22.8 Å². The predicted octanol–water partition coefficient (Wildman–Crippen LogP) is 2.58. The summed E-state index contributed by atoms with van der Waals surface area (Å²) >= 11 is 0. The first kappa shape index (κ1) is 15.6. The van der Waals surface area contributed by atoms with Crippen molar-refractivity contribution in [2.75, 3.05) is 6.54 Å². The first-order chi connectivity index (χ1) is 11.1. The third-order valence-electron chi connectivity index (χ3n) is 4.70. The molecule has 1 aliphatic rings. The van der Waals surface area contributed by atoms with E-state index in [9.17, 15) is 9.59 Å². The lowest BCUT2D eigenvalue weighted by molar-refractivity contribution is -0.139. The molecule has 1 aliphatic heterocycles. The van der Waals surface area contributed by atoms with Crippen molar-refractivity contribution in [3.05, 3.63) is 36.0 Å². The van der Waals surface area contributed by atoms with E-state index in [4.69, 9.17) is 5.11 Å². The number of hydrogen-bond acceptors (Lipinski definition) is 2. The Kier molecular flexibility index (Phi) is 4.37. The zero-order valence-corrected chi connectivity index (χ0v) is 13.4. The number of benzene rings is 1. The van der Waals surface area contributed by atoms with Crippen LogP contribution in [0.4, 0.5) is 0 Å². The van der Waals surface area contributed by atoms with Crippen LogP contribution >= 0.6 is 0 Å². The second kappa shape index (κ2) is 6.44. The van der Waals surface area contributed by atoms with Gasteiger partial charge < -0.3 is 14.6 Å². The Morgan fingerprint density at radius 1 is 1.30 bits per heavy atom. The van der Waals surface area contributed by atoms with E-state index in [0.717, 1.165) is 12.8 Å². The van der Waals surface area contributed by atoms with Gasteiger partial charge in [-0.1, -0.05) is 18.2 Å². The Labute approximate surface area is 135 Å². The Hall–Kier alpha value is -2.30. The van der Waals surface area contributed by atoms with E-state index in [0.29, 0.717) is 19.4 Å². The molecule has 122 valence electrons. The highest BCUT2D eigenvalue weighted by Crippen LogP contribution is 2.24. The van der Waals surface area contributed by atoms with Crippen LogP contribution in [-0.2, 0) is 23.1 Å². The highest BCUT2D eigenvalue weighted by molar-refractivity contribution is 5.85. The fourth-order valence-corrected chi connectivity index (χ4v) is 3.59. The number of aliphatic carboxylic acids is 1. The fraction of sp³-hybridized carbons (Fsp3) is 0.444. The Morgan fingerprint density at radius 3 is 2.87 bits per heavy atom. The summed E-state index contributed by atoms with van der Waals surface area (Å²) in [5.41, 5.74) is 2.34. The number of likely N-dealkylation sites (tertiary alicyclic amines) is 1. The minimum atomic E-state index is -0.830. The summed E-state index contributed by atoms with van der Waals surface area (Å²) in [6.07, 6.45) is 4.96. The van der Waals surface area contributed by atoms with Crippen LogP contribution in [0.1, 0.15) is 31.2 Å². The lowest BCUT2D eigenvalue weighted by atomic mass is 10.1. The highest BCUT2D eigenvalue weighted by Gasteiger charge is 2.29. The smallest absolute Gasteiger partial charge is 0.305 e. The fourth-order valence-electron chi connectivity index (χ4n) is 3.59. The number of nitrogens with zero attached hydrogens (tertiary/aromatic N) is 2. The zero-order valence-electron chi connectivity index (χ0n) is 13.4. The van der Waals surface area contributed by atoms with E-state index in [2.05, 4.69) is 22.9 Å². The van der Waals surface area contributed by atoms with Gasteiger partial charge in [0, 0.05) is 43.2 Å². The quantitative estimate of drug-likeness (QED) is 0.922. The normalized spacial score (nSPS) is 17.8. The highest BCUT2D eigenvalue weighted by atomic mass is 16.4. The molecule has 1 fully saturated rings. The van der Waals surface area contributed by atoms with E-state index in [-0.39, 0.29) is 18.4 Å². The third kappa shape index (κ3) is 3.23. The molecule has 5 nitrogen and oxygen atoms in total.